The highest BCUT2D eigenvalue weighted by Gasteiger charge is 2.22. The zero-order valence-electron chi connectivity index (χ0n) is 21.9. The third kappa shape index (κ3) is 6.80. The quantitative estimate of drug-likeness (QED) is 0.183. The summed E-state index contributed by atoms with van der Waals surface area (Å²) >= 11 is 15.2. The van der Waals surface area contributed by atoms with Gasteiger partial charge in [-0.05, 0) is 117 Å². The zero-order valence-corrected chi connectivity index (χ0v) is 25.0. The fourth-order valence-electron chi connectivity index (χ4n) is 5.51. The minimum atomic E-state index is -0.553. The molecule has 1 aliphatic rings. The Bertz CT molecular complexity index is 1450. The molecule has 1 atom stereocenters. The predicted molar refractivity (Wildman–Crippen MR) is 165 cm³/mol. The third-order valence-electron chi connectivity index (χ3n) is 7.56. The van der Waals surface area contributed by atoms with Crippen molar-refractivity contribution in [3.8, 4) is 17.0 Å². The largest absolute Gasteiger partial charge is 0.386 e. The van der Waals surface area contributed by atoms with Crippen LogP contribution in [0, 0.1) is 0 Å². The van der Waals surface area contributed by atoms with Gasteiger partial charge in [0.25, 0.3) is 0 Å². The van der Waals surface area contributed by atoms with Gasteiger partial charge in [0.15, 0.2) is 0 Å². The van der Waals surface area contributed by atoms with Crippen LogP contribution in [0.25, 0.3) is 22.2 Å². The van der Waals surface area contributed by atoms with Crippen molar-refractivity contribution in [2.45, 2.75) is 43.9 Å². The first kappa shape index (κ1) is 28.0. The van der Waals surface area contributed by atoms with E-state index in [1.807, 2.05) is 36.4 Å². The highest BCUT2D eigenvalue weighted by molar-refractivity contribution is 9.10. The van der Waals surface area contributed by atoms with Gasteiger partial charge in [0.1, 0.15) is 23.0 Å². The Labute approximate surface area is 248 Å². The molecule has 4 aromatic rings. The number of benzene rings is 3. The zero-order chi connectivity index (χ0) is 27.4. The van der Waals surface area contributed by atoms with Crippen molar-refractivity contribution in [1.82, 2.24) is 9.88 Å². The number of alkyl halides is 1. The van der Waals surface area contributed by atoms with Crippen molar-refractivity contribution < 1.29 is 9.08 Å². The van der Waals surface area contributed by atoms with E-state index in [-0.39, 0.29) is 5.91 Å². The number of carbonyl (C=O) groups excluding carboxylic acids is 1. The van der Waals surface area contributed by atoms with Crippen molar-refractivity contribution in [3.05, 3.63) is 82.3 Å². The van der Waals surface area contributed by atoms with E-state index >= 15 is 0 Å². The second-order valence-electron chi connectivity index (χ2n) is 10.2. The van der Waals surface area contributed by atoms with Crippen LogP contribution >= 0.6 is 39.4 Å². The molecule has 1 saturated heterocycles. The number of piperidine rings is 1. The Morgan fingerprint density at radius 1 is 1.13 bits per heavy atom. The molecule has 3 aromatic carbocycles. The molecule has 0 radical (unpaired) electrons. The molecule has 2 N–H and O–H groups in total. The number of aromatic amines is 1. The van der Waals surface area contributed by atoms with Gasteiger partial charge in [-0.3, -0.25) is 4.79 Å². The molecule has 5 rings (SSSR count). The van der Waals surface area contributed by atoms with Gasteiger partial charge in [-0.2, -0.15) is 0 Å². The summed E-state index contributed by atoms with van der Waals surface area (Å²) < 4.78 is 6.06. The minimum Gasteiger partial charge on any atom is -0.386 e. The first-order valence-electron chi connectivity index (χ1n) is 13.4. The van der Waals surface area contributed by atoms with Crippen LogP contribution in [-0.2, 0) is 11.2 Å². The van der Waals surface area contributed by atoms with E-state index in [4.69, 9.17) is 27.8 Å². The van der Waals surface area contributed by atoms with Gasteiger partial charge in [0.2, 0.25) is 5.91 Å². The smallest absolute Gasteiger partial charge is 0.242 e. The van der Waals surface area contributed by atoms with Crippen LogP contribution in [0.1, 0.15) is 43.2 Å². The fraction of sp³-hybridized carbons (Fsp3) is 0.323. The fourth-order valence-corrected chi connectivity index (χ4v) is 6.06. The summed E-state index contributed by atoms with van der Waals surface area (Å²) in [5, 5.41) is 3.51. The van der Waals surface area contributed by atoms with Crippen molar-refractivity contribution in [2.75, 3.05) is 25.0 Å². The van der Waals surface area contributed by atoms with E-state index in [1.165, 1.54) is 11.1 Å². The number of anilines is 1. The Kier molecular flexibility index (Phi) is 9.18. The third-order valence-corrected chi connectivity index (χ3v) is 8.43. The number of carbonyl (C=O) groups is 1. The number of likely N-dealkylation sites (tertiary alicyclic amines) is 1. The van der Waals surface area contributed by atoms with Crippen molar-refractivity contribution in [3.63, 3.8) is 0 Å². The van der Waals surface area contributed by atoms with E-state index in [0.29, 0.717) is 11.7 Å². The SMILES string of the molecule is CC(Cl)C(=O)Nc1cccc(C2CCN(CCCc3c(-c4cccc(Br)c4)[nH]c4ccc(OCl)cc34)CC2)c1. The summed E-state index contributed by atoms with van der Waals surface area (Å²) in [5.74, 6) is 0.971. The van der Waals surface area contributed by atoms with Crippen LogP contribution in [0.5, 0.6) is 5.75 Å². The molecule has 5 nitrogen and oxygen atoms in total. The summed E-state index contributed by atoms with van der Waals surface area (Å²) in [5.41, 5.74) is 6.77. The number of halogens is 3. The number of hydrogen-bond donors (Lipinski definition) is 2. The molecule has 0 spiro atoms. The minimum absolute atomic E-state index is 0.173. The van der Waals surface area contributed by atoms with Gasteiger partial charge in [-0.1, -0.05) is 40.2 Å². The average molecular weight is 629 g/mol. The lowest BCUT2D eigenvalue weighted by atomic mass is 9.89. The number of nitrogens with one attached hydrogen (secondary N) is 2. The molecule has 8 heteroatoms. The van der Waals surface area contributed by atoms with E-state index in [9.17, 15) is 4.79 Å². The molecule has 39 heavy (non-hydrogen) atoms. The number of H-pyrrole nitrogens is 1. The van der Waals surface area contributed by atoms with Gasteiger partial charge in [-0.25, -0.2) is 0 Å². The number of aryl methyl sites for hydroxylation is 1. The van der Waals surface area contributed by atoms with E-state index in [2.05, 4.69) is 61.5 Å². The molecule has 204 valence electrons. The summed E-state index contributed by atoms with van der Waals surface area (Å²) in [6.45, 7) is 4.86. The second kappa shape index (κ2) is 12.8. The number of hydrogen-bond acceptors (Lipinski definition) is 3. The first-order chi connectivity index (χ1) is 18.9. The maximum absolute atomic E-state index is 12.0. The highest BCUT2D eigenvalue weighted by atomic mass is 79.9. The van der Waals surface area contributed by atoms with Crippen LogP contribution in [0.2, 0.25) is 0 Å². The molecule has 0 aliphatic carbocycles. The first-order valence-corrected chi connectivity index (χ1v) is 14.9. The number of nitrogens with zero attached hydrogens (tertiary/aromatic N) is 1. The molecule has 1 aliphatic heterocycles. The van der Waals surface area contributed by atoms with Gasteiger partial charge in [0.05, 0.1) is 0 Å². The molecule has 1 fully saturated rings. The van der Waals surface area contributed by atoms with Gasteiger partial charge in [-0.15, -0.1) is 11.6 Å². The van der Waals surface area contributed by atoms with Crippen molar-refractivity contribution in [1.29, 1.82) is 0 Å². The molecule has 1 amide bonds. The summed E-state index contributed by atoms with van der Waals surface area (Å²) in [7, 11) is 0. The van der Waals surface area contributed by atoms with Crippen LogP contribution < -0.4 is 9.61 Å². The lowest BCUT2D eigenvalue weighted by molar-refractivity contribution is -0.115. The predicted octanol–water partition coefficient (Wildman–Crippen LogP) is 8.51. The number of aromatic nitrogens is 1. The van der Waals surface area contributed by atoms with Crippen molar-refractivity contribution in [2.24, 2.45) is 0 Å². The summed E-state index contributed by atoms with van der Waals surface area (Å²) in [6.07, 6.45) is 4.23. The molecule has 0 bridgehead atoms. The monoisotopic (exact) mass is 627 g/mol. The Morgan fingerprint density at radius 2 is 1.92 bits per heavy atom. The molecule has 1 aromatic heterocycles. The van der Waals surface area contributed by atoms with Gasteiger partial charge in [0, 0.05) is 26.8 Å². The normalized spacial score (nSPS) is 15.4. The maximum atomic E-state index is 12.0. The van der Waals surface area contributed by atoms with Crippen LogP contribution in [0.3, 0.4) is 0 Å². The van der Waals surface area contributed by atoms with Crippen LogP contribution in [0.15, 0.2) is 71.2 Å². The van der Waals surface area contributed by atoms with E-state index in [1.54, 1.807) is 6.92 Å². The lowest BCUT2D eigenvalue weighted by Gasteiger charge is -2.32. The molecule has 1 unspecified atom stereocenters. The van der Waals surface area contributed by atoms with Gasteiger partial charge < -0.3 is 19.5 Å². The molecular formula is C31H32BrCl2N3O2. The number of fused-ring (bicyclic) bond motifs is 1. The topological polar surface area (TPSA) is 57.4 Å². The van der Waals surface area contributed by atoms with E-state index in [0.717, 1.165) is 77.6 Å². The molecule has 2 heterocycles. The molecular weight excluding hydrogens is 597 g/mol. The van der Waals surface area contributed by atoms with Crippen LogP contribution in [-0.4, -0.2) is 40.8 Å². The standard InChI is InChI=1S/C31H32BrCl2N3O2/c1-20(33)31(38)35-25-8-3-5-22(18-25)21-12-15-37(16-13-21)14-4-9-27-28-19-26(39-34)10-11-29(28)36-30(27)23-6-2-7-24(32)17-23/h2-3,5-8,10-11,17-21,36H,4,9,12-16H2,1H3,(H,35,38). The molecule has 0 saturated carbocycles. The van der Waals surface area contributed by atoms with Crippen molar-refractivity contribution >= 4 is 61.9 Å². The Morgan fingerprint density at radius 3 is 2.67 bits per heavy atom. The Hall–Kier alpha value is -2.51. The Balaban J connectivity index is 1.22. The summed E-state index contributed by atoms with van der Waals surface area (Å²) in [6, 6.07) is 22.5. The maximum Gasteiger partial charge on any atom is 0.242 e. The average Bonchev–Trinajstić information content (AvgIpc) is 3.31. The van der Waals surface area contributed by atoms with Crippen LogP contribution in [0.4, 0.5) is 5.69 Å². The second-order valence-corrected chi connectivity index (χ2v) is 11.9. The number of rotatable bonds is 9. The van der Waals surface area contributed by atoms with E-state index < -0.39 is 5.38 Å². The van der Waals surface area contributed by atoms with Gasteiger partial charge >= 0.3 is 0 Å². The number of amides is 1. The highest BCUT2D eigenvalue weighted by Crippen LogP contribution is 2.35. The summed E-state index contributed by atoms with van der Waals surface area (Å²) in [4.78, 5) is 18.2. The lowest BCUT2D eigenvalue weighted by Crippen LogP contribution is -2.33.